The average molecular weight is 293 g/mol. The van der Waals surface area contributed by atoms with Crippen LogP contribution in [0, 0.1) is 5.41 Å². The van der Waals surface area contributed by atoms with Gasteiger partial charge in [0, 0.05) is 13.1 Å². The summed E-state index contributed by atoms with van der Waals surface area (Å²) in [5.41, 5.74) is 1.19. The van der Waals surface area contributed by atoms with Gasteiger partial charge in [-0.25, -0.2) is 0 Å². The molecule has 6 heteroatoms. The molecule has 1 amide bonds. The van der Waals surface area contributed by atoms with Crippen LogP contribution in [0.5, 0.6) is 0 Å². The molecular weight excluding hydrogens is 270 g/mol. The van der Waals surface area contributed by atoms with E-state index in [-0.39, 0.29) is 17.7 Å². The highest BCUT2D eigenvalue weighted by Crippen LogP contribution is 2.43. The van der Waals surface area contributed by atoms with Gasteiger partial charge in [0.15, 0.2) is 0 Å². The number of aryl methyl sites for hydroxylation is 2. The van der Waals surface area contributed by atoms with Crippen molar-refractivity contribution in [1.82, 2.24) is 15.1 Å². The minimum Gasteiger partial charge on any atom is -0.481 e. The normalized spacial score (nSPS) is 16.3. The van der Waals surface area contributed by atoms with E-state index in [0.29, 0.717) is 18.8 Å². The van der Waals surface area contributed by atoms with Crippen molar-refractivity contribution in [3.8, 4) is 0 Å². The first-order valence-electron chi connectivity index (χ1n) is 7.56. The Morgan fingerprint density at radius 3 is 2.62 bits per heavy atom. The molecule has 0 radical (unpaired) electrons. The standard InChI is InChI=1S/C15H23N3O3/c1-3-11-8-12(18(4-2)17-11)14(21)16-10-15(6-5-7-15)9-13(19)20/h8H,3-7,9-10H2,1-2H3,(H,16,21)(H,19,20). The SMILES string of the molecule is CCc1cc(C(=O)NCC2(CC(=O)O)CCC2)n(CC)n1. The number of hydrogen-bond donors (Lipinski definition) is 2. The molecule has 2 N–H and O–H groups in total. The van der Waals surface area contributed by atoms with Gasteiger partial charge in [-0.2, -0.15) is 5.10 Å². The van der Waals surface area contributed by atoms with E-state index in [1.54, 1.807) is 4.68 Å². The second-order valence-electron chi connectivity index (χ2n) is 5.80. The van der Waals surface area contributed by atoms with Crippen molar-refractivity contribution in [2.75, 3.05) is 6.54 Å². The van der Waals surface area contributed by atoms with Gasteiger partial charge in [0.1, 0.15) is 5.69 Å². The molecule has 6 nitrogen and oxygen atoms in total. The molecule has 0 aliphatic heterocycles. The van der Waals surface area contributed by atoms with Crippen molar-refractivity contribution >= 4 is 11.9 Å². The third-order valence-electron chi connectivity index (χ3n) is 4.29. The number of carbonyl (C=O) groups excluding carboxylic acids is 1. The molecule has 116 valence electrons. The Bertz CT molecular complexity index is 532. The van der Waals surface area contributed by atoms with E-state index >= 15 is 0 Å². The van der Waals surface area contributed by atoms with Crippen molar-refractivity contribution in [3.63, 3.8) is 0 Å². The lowest BCUT2D eigenvalue weighted by molar-refractivity contribution is -0.141. The Labute approximate surface area is 124 Å². The number of nitrogens with zero attached hydrogens (tertiary/aromatic N) is 2. The number of aliphatic carboxylic acids is 1. The smallest absolute Gasteiger partial charge is 0.303 e. The number of hydrogen-bond acceptors (Lipinski definition) is 3. The van der Waals surface area contributed by atoms with Crippen LogP contribution in [0.1, 0.15) is 55.7 Å². The number of carboxylic acids is 1. The Morgan fingerprint density at radius 1 is 1.43 bits per heavy atom. The van der Waals surface area contributed by atoms with Crippen LogP contribution >= 0.6 is 0 Å². The zero-order chi connectivity index (χ0) is 15.5. The first-order valence-corrected chi connectivity index (χ1v) is 7.56. The molecule has 0 saturated heterocycles. The molecule has 0 unspecified atom stereocenters. The van der Waals surface area contributed by atoms with Crippen LogP contribution in [0.2, 0.25) is 0 Å². The Hall–Kier alpha value is -1.85. The Morgan fingerprint density at radius 2 is 2.14 bits per heavy atom. The van der Waals surface area contributed by atoms with Crippen molar-refractivity contribution in [2.45, 2.75) is 52.5 Å². The quantitative estimate of drug-likeness (QED) is 0.803. The van der Waals surface area contributed by atoms with Gasteiger partial charge in [0.25, 0.3) is 5.91 Å². The molecular formula is C15H23N3O3. The summed E-state index contributed by atoms with van der Waals surface area (Å²) < 4.78 is 1.69. The highest BCUT2D eigenvalue weighted by molar-refractivity contribution is 5.92. The van der Waals surface area contributed by atoms with Gasteiger partial charge >= 0.3 is 5.97 Å². The van der Waals surface area contributed by atoms with Crippen molar-refractivity contribution < 1.29 is 14.7 Å². The van der Waals surface area contributed by atoms with Crippen LogP contribution in [0.4, 0.5) is 0 Å². The van der Waals surface area contributed by atoms with E-state index in [1.807, 2.05) is 19.9 Å². The van der Waals surface area contributed by atoms with Gasteiger partial charge in [0.2, 0.25) is 0 Å². The molecule has 1 aromatic heterocycles. The van der Waals surface area contributed by atoms with Gasteiger partial charge in [0.05, 0.1) is 12.1 Å². The third kappa shape index (κ3) is 3.43. The summed E-state index contributed by atoms with van der Waals surface area (Å²) in [5.74, 6) is -0.962. The van der Waals surface area contributed by atoms with Crippen LogP contribution in [0.15, 0.2) is 6.07 Å². The molecule has 0 spiro atoms. The summed E-state index contributed by atoms with van der Waals surface area (Å²) in [6.45, 7) is 5.01. The number of amides is 1. The fourth-order valence-corrected chi connectivity index (χ4v) is 2.84. The first-order chi connectivity index (χ1) is 9.99. The molecule has 0 atom stereocenters. The molecule has 1 aliphatic carbocycles. The summed E-state index contributed by atoms with van der Waals surface area (Å²) in [5, 5.41) is 16.2. The van der Waals surface area contributed by atoms with Crippen LogP contribution in [0.25, 0.3) is 0 Å². The predicted molar refractivity (Wildman–Crippen MR) is 78.1 cm³/mol. The second kappa shape index (κ2) is 6.28. The third-order valence-corrected chi connectivity index (χ3v) is 4.29. The van der Waals surface area contributed by atoms with Crippen molar-refractivity contribution in [2.24, 2.45) is 5.41 Å². The average Bonchev–Trinajstić information content (AvgIpc) is 2.84. The van der Waals surface area contributed by atoms with E-state index in [2.05, 4.69) is 10.4 Å². The lowest BCUT2D eigenvalue weighted by Crippen LogP contribution is -2.43. The molecule has 0 aromatic carbocycles. The summed E-state index contributed by atoms with van der Waals surface area (Å²) >= 11 is 0. The summed E-state index contributed by atoms with van der Waals surface area (Å²) in [6, 6.07) is 1.81. The lowest BCUT2D eigenvalue weighted by atomic mass is 9.66. The van der Waals surface area contributed by atoms with E-state index < -0.39 is 5.97 Å². The summed E-state index contributed by atoms with van der Waals surface area (Å²) in [7, 11) is 0. The number of carboxylic acid groups (broad SMARTS) is 1. The minimum atomic E-state index is -0.796. The predicted octanol–water partition coefficient (Wildman–Crippen LogP) is 1.84. The zero-order valence-corrected chi connectivity index (χ0v) is 12.7. The maximum Gasteiger partial charge on any atom is 0.303 e. The van der Waals surface area contributed by atoms with Crippen molar-refractivity contribution in [3.05, 3.63) is 17.5 Å². The molecule has 1 saturated carbocycles. The van der Waals surface area contributed by atoms with Gasteiger partial charge in [-0.1, -0.05) is 13.3 Å². The molecule has 1 fully saturated rings. The van der Waals surface area contributed by atoms with Gasteiger partial charge in [-0.05, 0) is 37.7 Å². The number of nitrogens with one attached hydrogen (secondary N) is 1. The van der Waals surface area contributed by atoms with Crippen molar-refractivity contribution in [1.29, 1.82) is 0 Å². The largest absolute Gasteiger partial charge is 0.481 e. The molecule has 2 rings (SSSR count). The van der Waals surface area contributed by atoms with Gasteiger partial charge < -0.3 is 10.4 Å². The fourth-order valence-electron chi connectivity index (χ4n) is 2.84. The van der Waals surface area contributed by atoms with Crippen LogP contribution in [0.3, 0.4) is 0 Å². The topological polar surface area (TPSA) is 84.2 Å². The number of aromatic nitrogens is 2. The van der Waals surface area contributed by atoms with Gasteiger partial charge in [-0.15, -0.1) is 0 Å². The highest BCUT2D eigenvalue weighted by atomic mass is 16.4. The monoisotopic (exact) mass is 293 g/mol. The van der Waals surface area contributed by atoms with Gasteiger partial charge in [-0.3, -0.25) is 14.3 Å². The van der Waals surface area contributed by atoms with Crippen LogP contribution in [-0.4, -0.2) is 33.3 Å². The Kier molecular flexibility index (Phi) is 4.65. The first kappa shape index (κ1) is 15.5. The molecule has 1 heterocycles. The summed E-state index contributed by atoms with van der Waals surface area (Å²) in [4.78, 5) is 23.2. The molecule has 21 heavy (non-hydrogen) atoms. The second-order valence-corrected chi connectivity index (χ2v) is 5.80. The minimum absolute atomic E-state index is 0.126. The fraction of sp³-hybridized carbons (Fsp3) is 0.667. The van der Waals surface area contributed by atoms with E-state index in [4.69, 9.17) is 5.11 Å². The van der Waals surface area contributed by atoms with E-state index in [0.717, 1.165) is 31.4 Å². The molecule has 1 aliphatic rings. The highest BCUT2D eigenvalue weighted by Gasteiger charge is 2.39. The van der Waals surface area contributed by atoms with E-state index in [1.165, 1.54) is 0 Å². The maximum atomic E-state index is 12.3. The number of carbonyl (C=O) groups is 2. The van der Waals surface area contributed by atoms with Crippen LogP contribution < -0.4 is 5.32 Å². The van der Waals surface area contributed by atoms with E-state index in [9.17, 15) is 9.59 Å². The lowest BCUT2D eigenvalue weighted by Gasteiger charge is -2.40. The summed E-state index contributed by atoms with van der Waals surface area (Å²) in [6.07, 6.45) is 3.69. The maximum absolute atomic E-state index is 12.3. The van der Waals surface area contributed by atoms with Crippen LogP contribution in [-0.2, 0) is 17.8 Å². The number of rotatable bonds is 7. The molecule has 1 aromatic rings. The molecule has 0 bridgehead atoms. The zero-order valence-electron chi connectivity index (χ0n) is 12.7. The Balaban J connectivity index is 2.01.